The molecule has 1 saturated carbocycles. The van der Waals surface area contributed by atoms with Gasteiger partial charge in [0.15, 0.2) is 0 Å². The van der Waals surface area contributed by atoms with Gasteiger partial charge >= 0.3 is 0 Å². The quantitative estimate of drug-likeness (QED) is 0.612. The molecular weight excluding hydrogens is 368 g/mol. The highest BCUT2D eigenvalue weighted by Gasteiger charge is 2.35. The van der Waals surface area contributed by atoms with Gasteiger partial charge in [-0.1, -0.05) is 67.4 Å². The molecule has 1 aliphatic carbocycles. The van der Waals surface area contributed by atoms with E-state index in [0.29, 0.717) is 25.6 Å². The Labute approximate surface area is 173 Å². The molecule has 0 heterocycles. The Kier molecular flexibility index (Phi) is 7.52. The summed E-state index contributed by atoms with van der Waals surface area (Å²) in [6.45, 7) is 3.14. The number of nitrogens with zero attached hydrogens (tertiary/aromatic N) is 1. The Morgan fingerprint density at radius 2 is 1.93 bits per heavy atom. The van der Waals surface area contributed by atoms with E-state index in [9.17, 15) is 4.79 Å². The number of halogens is 1. The van der Waals surface area contributed by atoms with Gasteiger partial charge in [0.1, 0.15) is 0 Å². The zero-order valence-electron chi connectivity index (χ0n) is 16.7. The molecule has 2 N–H and O–H groups in total. The van der Waals surface area contributed by atoms with Crippen molar-refractivity contribution in [2.45, 2.75) is 58.0 Å². The highest BCUT2D eigenvalue weighted by atomic mass is 35.5. The minimum absolute atomic E-state index is 0.156. The molecule has 2 aromatic carbocycles. The first-order valence-corrected chi connectivity index (χ1v) is 10.8. The molecule has 1 atom stereocenters. The number of carbonyl (C=O) groups is 1. The van der Waals surface area contributed by atoms with Crippen molar-refractivity contribution in [3.8, 4) is 0 Å². The number of nitrogens with two attached hydrogens (primary N) is 1. The zero-order chi connectivity index (χ0) is 19.9. The highest BCUT2D eigenvalue weighted by molar-refractivity contribution is 6.31. The van der Waals surface area contributed by atoms with Gasteiger partial charge in [-0.2, -0.15) is 0 Å². The maximum atomic E-state index is 13.3. The van der Waals surface area contributed by atoms with E-state index in [4.69, 9.17) is 17.3 Å². The first-order chi connectivity index (χ1) is 13.6. The Balaban J connectivity index is 1.75. The van der Waals surface area contributed by atoms with E-state index in [1.54, 1.807) is 0 Å². The summed E-state index contributed by atoms with van der Waals surface area (Å²) in [5.41, 5.74) is 9.51. The Morgan fingerprint density at radius 1 is 1.18 bits per heavy atom. The summed E-state index contributed by atoms with van der Waals surface area (Å²) in [6.07, 6.45) is 6.21. The lowest BCUT2D eigenvalue weighted by Gasteiger charge is -2.28. The van der Waals surface area contributed by atoms with Crippen LogP contribution >= 0.6 is 11.6 Å². The molecule has 0 aliphatic heterocycles. The van der Waals surface area contributed by atoms with Crippen LogP contribution in [-0.2, 0) is 24.2 Å². The third-order valence-corrected chi connectivity index (χ3v) is 5.87. The average molecular weight is 399 g/mol. The second-order valence-electron chi connectivity index (χ2n) is 7.85. The first kappa shape index (κ1) is 20.9. The van der Waals surface area contributed by atoms with Crippen molar-refractivity contribution in [2.75, 3.05) is 6.54 Å². The molecule has 0 radical (unpaired) electrons. The van der Waals surface area contributed by atoms with Crippen LogP contribution in [-0.4, -0.2) is 23.4 Å². The molecule has 150 valence electrons. The molecule has 3 rings (SSSR count). The zero-order valence-corrected chi connectivity index (χ0v) is 17.5. The van der Waals surface area contributed by atoms with Crippen LogP contribution in [0.2, 0.25) is 5.02 Å². The van der Waals surface area contributed by atoms with Crippen molar-refractivity contribution in [3.63, 3.8) is 0 Å². The van der Waals surface area contributed by atoms with Gasteiger partial charge in [0, 0.05) is 24.2 Å². The number of unbranched alkanes of at least 4 members (excludes halogenated alkanes) is 1. The molecule has 0 bridgehead atoms. The van der Waals surface area contributed by atoms with Gasteiger partial charge in [-0.05, 0) is 54.9 Å². The predicted octanol–water partition coefficient (Wildman–Crippen LogP) is 4.99. The minimum Gasteiger partial charge on any atom is -0.335 e. The fraction of sp³-hybridized carbons (Fsp3) is 0.458. The second-order valence-corrected chi connectivity index (χ2v) is 8.26. The van der Waals surface area contributed by atoms with E-state index in [0.717, 1.165) is 35.4 Å². The number of hydrogen-bond donors (Lipinski definition) is 1. The van der Waals surface area contributed by atoms with Gasteiger partial charge in [0.05, 0.1) is 5.92 Å². The van der Waals surface area contributed by atoms with Gasteiger partial charge in [0.2, 0.25) is 5.91 Å². The molecule has 4 heteroatoms. The highest BCUT2D eigenvalue weighted by Crippen LogP contribution is 2.32. The van der Waals surface area contributed by atoms with E-state index in [2.05, 4.69) is 31.2 Å². The van der Waals surface area contributed by atoms with E-state index in [1.165, 1.54) is 18.4 Å². The number of amides is 1. The molecule has 0 aromatic heterocycles. The van der Waals surface area contributed by atoms with Crippen molar-refractivity contribution in [3.05, 3.63) is 70.2 Å². The van der Waals surface area contributed by atoms with Crippen molar-refractivity contribution in [1.82, 2.24) is 4.90 Å². The molecule has 2 aromatic rings. The largest absolute Gasteiger partial charge is 0.335 e. The number of hydrogen-bond acceptors (Lipinski definition) is 2. The molecule has 0 spiro atoms. The third-order valence-electron chi connectivity index (χ3n) is 5.50. The number of rotatable bonds is 10. The summed E-state index contributed by atoms with van der Waals surface area (Å²) in [5.74, 6) is -0.0334. The van der Waals surface area contributed by atoms with Crippen LogP contribution in [0.15, 0.2) is 48.5 Å². The Hall–Kier alpha value is -1.84. The molecule has 1 aliphatic rings. The SMILES string of the molecule is CCCCc1ccc(Cl)c(CN(C(=O)C(CN)Cc2ccccc2)C2CC2)c1. The Morgan fingerprint density at radius 3 is 2.57 bits per heavy atom. The van der Waals surface area contributed by atoms with Crippen molar-refractivity contribution < 1.29 is 4.79 Å². The van der Waals surface area contributed by atoms with Gasteiger partial charge in [-0.15, -0.1) is 0 Å². The third kappa shape index (κ3) is 5.59. The van der Waals surface area contributed by atoms with Crippen molar-refractivity contribution in [1.29, 1.82) is 0 Å². The van der Waals surface area contributed by atoms with Crippen LogP contribution in [0.1, 0.15) is 49.3 Å². The van der Waals surface area contributed by atoms with Crippen LogP contribution in [0.3, 0.4) is 0 Å². The lowest BCUT2D eigenvalue weighted by atomic mass is 9.97. The fourth-order valence-corrected chi connectivity index (χ4v) is 3.82. The summed E-state index contributed by atoms with van der Waals surface area (Å²) < 4.78 is 0. The monoisotopic (exact) mass is 398 g/mol. The minimum atomic E-state index is -0.190. The summed E-state index contributed by atoms with van der Waals surface area (Å²) in [7, 11) is 0. The summed E-state index contributed by atoms with van der Waals surface area (Å²) in [4.78, 5) is 15.4. The normalized spacial score (nSPS) is 14.7. The topological polar surface area (TPSA) is 46.3 Å². The summed E-state index contributed by atoms with van der Waals surface area (Å²) in [6, 6.07) is 16.7. The number of carbonyl (C=O) groups excluding carboxylic acids is 1. The van der Waals surface area contributed by atoms with Crippen LogP contribution in [0.4, 0.5) is 0 Å². The van der Waals surface area contributed by atoms with Gasteiger partial charge in [-0.25, -0.2) is 0 Å². The van der Waals surface area contributed by atoms with E-state index in [-0.39, 0.29) is 11.8 Å². The predicted molar refractivity (Wildman–Crippen MR) is 116 cm³/mol. The van der Waals surface area contributed by atoms with Gasteiger partial charge < -0.3 is 10.6 Å². The van der Waals surface area contributed by atoms with Crippen molar-refractivity contribution >= 4 is 17.5 Å². The number of benzene rings is 2. The smallest absolute Gasteiger partial charge is 0.227 e. The molecule has 1 amide bonds. The summed E-state index contributed by atoms with van der Waals surface area (Å²) >= 11 is 6.48. The van der Waals surface area contributed by atoms with Crippen LogP contribution in [0, 0.1) is 5.92 Å². The van der Waals surface area contributed by atoms with E-state index >= 15 is 0 Å². The average Bonchev–Trinajstić information content (AvgIpc) is 3.56. The molecule has 28 heavy (non-hydrogen) atoms. The molecule has 0 saturated heterocycles. The number of aryl methyl sites for hydroxylation is 1. The van der Waals surface area contributed by atoms with Crippen LogP contribution < -0.4 is 5.73 Å². The maximum Gasteiger partial charge on any atom is 0.227 e. The Bertz CT molecular complexity index is 773. The second kappa shape index (κ2) is 10.1. The maximum absolute atomic E-state index is 13.3. The molecular formula is C24H31ClN2O. The van der Waals surface area contributed by atoms with E-state index in [1.807, 2.05) is 29.2 Å². The molecule has 1 fully saturated rings. The first-order valence-electron chi connectivity index (χ1n) is 10.4. The van der Waals surface area contributed by atoms with Crippen molar-refractivity contribution in [2.24, 2.45) is 11.7 Å². The van der Waals surface area contributed by atoms with Crippen LogP contribution in [0.5, 0.6) is 0 Å². The van der Waals surface area contributed by atoms with Crippen LogP contribution in [0.25, 0.3) is 0 Å². The summed E-state index contributed by atoms with van der Waals surface area (Å²) in [5, 5.41) is 0.742. The van der Waals surface area contributed by atoms with Gasteiger partial charge in [0.25, 0.3) is 0 Å². The standard InChI is InChI=1S/C24H31ClN2O/c1-2-3-7-19-10-13-23(25)21(15-19)17-27(22-11-12-22)24(28)20(16-26)14-18-8-5-4-6-9-18/h4-6,8-10,13,15,20,22H,2-3,7,11-12,14,16-17,26H2,1H3. The lowest BCUT2D eigenvalue weighted by molar-refractivity contribution is -0.136. The van der Waals surface area contributed by atoms with E-state index < -0.39 is 0 Å². The van der Waals surface area contributed by atoms with Gasteiger partial charge in [-0.3, -0.25) is 4.79 Å². The molecule has 1 unspecified atom stereocenters. The fourth-order valence-electron chi connectivity index (χ4n) is 3.65. The lowest BCUT2D eigenvalue weighted by Crippen LogP contribution is -2.41. The molecule has 3 nitrogen and oxygen atoms in total.